The zero-order valence-corrected chi connectivity index (χ0v) is 19.7. The summed E-state index contributed by atoms with van der Waals surface area (Å²) in [6.45, 7) is 0. The minimum Gasteiger partial charge on any atom is -0.355 e. The Morgan fingerprint density at radius 3 is 2.62 bits per heavy atom. The summed E-state index contributed by atoms with van der Waals surface area (Å²) in [5.74, 6) is 0.392. The fourth-order valence-corrected chi connectivity index (χ4v) is 4.54. The van der Waals surface area contributed by atoms with Gasteiger partial charge in [-0.25, -0.2) is 4.98 Å². The number of halogens is 2. The number of nitrogens with zero attached hydrogens (tertiary/aromatic N) is 2. The zero-order chi connectivity index (χ0) is 22.1. The maximum atomic E-state index is 12.9. The average molecular weight is 525 g/mol. The van der Waals surface area contributed by atoms with Gasteiger partial charge in [0.25, 0.3) is 5.91 Å². The number of rotatable bonds is 5. The molecule has 0 saturated carbocycles. The molecule has 0 radical (unpaired) electrons. The molecule has 1 amide bonds. The van der Waals surface area contributed by atoms with E-state index >= 15 is 0 Å². The molecule has 2 aromatic heterocycles. The predicted octanol–water partition coefficient (Wildman–Crippen LogP) is 7.21. The zero-order valence-electron chi connectivity index (χ0n) is 16.5. The van der Waals surface area contributed by atoms with Crippen molar-refractivity contribution in [1.82, 2.24) is 10.1 Å². The number of thiazole rings is 1. The van der Waals surface area contributed by atoms with E-state index in [0.717, 1.165) is 32.3 Å². The second kappa shape index (κ2) is 8.86. The van der Waals surface area contributed by atoms with Crippen LogP contribution in [-0.2, 0) is 6.42 Å². The van der Waals surface area contributed by atoms with Gasteiger partial charge in [-0.2, -0.15) is 0 Å². The highest BCUT2D eigenvalue weighted by Gasteiger charge is 2.15. The van der Waals surface area contributed by atoms with Gasteiger partial charge < -0.3 is 4.52 Å². The normalized spacial score (nSPS) is 11.1. The number of anilines is 1. The van der Waals surface area contributed by atoms with Crippen LogP contribution in [0.2, 0.25) is 5.02 Å². The molecule has 158 valence electrons. The number of hydrogen-bond donors (Lipinski definition) is 1. The number of carbonyl (C=O) groups is 1. The molecule has 0 fully saturated rings. The van der Waals surface area contributed by atoms with Crippen LogP contribution in [0, 0.1) is 0 Å². The number of carbonyl (C=O) groups excluding carboxylic acids is 1. The molecule has 5 aromatic rings. The third-order valence-corrected chi connectivity index (χ3v) is 6.60. The van der Waals surface area contributed by atoms with E-state index in [1.54, 1.807) is 24.4 Å². The predicted molar refractivity (Wildman–Crippen MR) is 131 cm³/mol. The van der Waals surface area contributed by atoms with Crippen LogP contribution >= 0.6 is 38.9 Å². The highest BCUT2D eigenvalue weighted by molar-refractivity contribution is 9.10. The van der Waals surface area contributed by atoms with E-state index in [1.165, 1.54) is 11.3 Å². The molecule has 0 aliphatic rings. The Hall–Kier alpha value is -3.00. The second-order valence-corrected chi connectivity index (χ2v) is 9.61. The van der Waals surface area contributed by atoms with Gasteiger partial charge in [0.1, 0.15) is 5.52 Å². The van der Waals surface area contributed by atoms with E-state index < -0.39 is 0 Å². The molecule has 2 heterocycles. The Morgan fingerprint density at radius 1 is 1.06 bits per heavy atom. The molecular weight excluding hydrogens is 510 g/mol. The van der Waals surface area contributed by atoms with Crippen LogP contribution in [0.5, 0.6) is 0 Å². The summed E-state index contributed by atoms with van der Waals surface area (Å²) in [5.41, 5.74) is 3.22. The van der Waals surface area contributed by atoms with Gasteiger partial charge >= 0.3 is 0 Å². The van der Waals surface area contributed by atoms with Crippen LogP contribution in [-0.4, -0.2) is 16.0 Å². The standard InChI is InChI=1S/C24H15BrClN3O2S/c25-17-6-3-15(4-7-17)22-20-12-16(5-10-21(20)29-31-22)23(30)28-24-27-13-19(32-24)11-14-1-8-18(26)9-2-14/h1-10,12-13H,11H2,(H,27,28,30). The molecule has 32 heavy (non-hydrogen) atoms. The molecule has 0 aliphatic carbocycles. The maximum absolute atomic E-state index is 12.9. The fourth-order valence-electron chi connectivity index (χ4n) is 3.31. The van der Waals surface area contributed by atoms with Crippen molar-refractivity contribution in [2.24, 2.45) is 0 Å². The van der Waals surface area contributed by atoms with Crippen molar-refractivity contribution >= 4 is 60.8 Å². The van der Waals surface area contributed by atoms with Crippen molar-refractivity contribution in [1.29, 1.82) is 0 Å². The molecule has 0 bridgehead atoms. The minimum atomic E-state index is -0.234. The largest absolute Gasteiger partial charge is 0.355 e. The Bertz CT molecular complexity index is 1410. The van der Waals surface area contributed by atoms with Gasteiger partial charge in [-0.05, 0) is 60.2 Å². The summed E-state index contributed by atoms with van der Waals surface area (Å²) >= 11 is 10.8. The number of aromatic nitrogens is 2. The van der Waals surface area contributed by atoms with E-state index in [9.17, 15) is 4.79 Å². The van der Waals surface area contributed by atoms with E-state index in [2.05, 4.69) is 31.4 Å². The number of benzene rings is 3. The van der Waals surface area contributed by atoms with Crippen molar-refractivity contribution in [3.63, 3.8) is 0 Å². The molecule has 0 atom stereocenters. The topological polar surface area (TPSA) is 68.0 Å². The molecule has 5 rings (SSSR count). The van der Waals surface area contributed by atoms with E-state index in [4.69, 9.17) is 16.1 Å². The van der Waals surface area contributed by atoms with Crippen molar-refractivity contribution in [2.75, 3.05) is 5.32 Å². The quantitative estimate of drug-likeness (QED) is 0.264. The summed E-state index contributed by atoms with van der Waals surface area (Å²) in [4.78, 5) is 18.3. The van der Waals surface area contributed by atoms with Gasteiger partial charge in [0.15, 0.2) is 10.9 Å². The maximum Gasteiger partial charge on any atom is 0.257 e. The first-order valence-corrected chi connectivity index (χ1v) is 11.7. The molecule has 3 aromatic carbocycles. The van der Waals surface area contributed by atoms with E-state index in [-0.39, 0.29) is 5.91 Å². The van der Waals surface area contributed by atoms with Crippen molar-refractivity contribution in [2.45, 2.75) is 6.42 Å². The van der Waals surface area contributed by atoms with Crippen LogP contribution in [0.3, 0.4) is 0 Å². The first-order valence-electron chi connectivity index (χ1n) is 9.71. The monoisotopic (exact) mass is 523 g/mol. The van der Waals surface area contributed by atoms with Crippen LogP contribution in [0.1, 0.15) is 20.8 Å². The summed E-state index contributed by atoms with van der Waals surface area (Å²) in [6.07, 6.45) is 2.51. The summed E-state index contributed by atoms with van der Waals surface area (Å²) < 4.78 is 6.52. The Morgan fingerprint density at radius 2 is 1.84 bits per heavy atom. The van der Waals surface area contributed by atoms with Gasteiger partial charge in [-0.1, -0.05) is 44.8 Å². The summed E-state index contributed by atoms with van der Waals surface area (Å²) in [5, 5.41) is 9.04. The van der Waals surface area contributed by atoms with Gasteiger partial charge in [-0.15, -0.1) is 11.3 Å². The SMILES string of the molecule is O=C(Nc1ncc(Cc2ccc(Cl)cc2)s1)c1ccc2noc(-c3ccc(Br)cc3)c2c1. The molecule has 0 spiro atoms. The van der Waals surface area contributed by atoms with Crippen molar-refractivity contribution in [3.05, 3.63) is 98.4 Å². The summed E-state index contributed by atoms with van der Waals surface area (Å²) in [6, 6.07) is 20.7. The highest BCUT2D eigenvalue weighted by Crippen LogP contribution is 2.30. The highest BCUT2D eigenvalue weighted by atomic mass is 79.9. The van der Waals surface area contributed by atoms with Gasteiger partial charge in [-0.3, -0.25) is 10.1 Å². The Balaban J connectivity index is 1.35. The summed E-state index contributed by atoms with van der Waals surface area (Å²) in [7, 11) is 0. The average Bonchev–Trinajstić information content (AvgIpc) is 3.42. The van der Waals surface area contributed by atoms with Crippen LogP contribution in [0.15, 0.2) is 81.9 Å². The molecule has 5 nitrogen and oxygen atoms in total. The van der Waals surface area contributed by atoms with Gasteiger partial charge in [0.2, 0.25) is 0 Å². The van der Waals surface area contributed by atoms with E-state index in [0.29, 0.717) is 27.0 Å². The molecule has 0 saturated heterocycles. The Kier molecular flexibility index (Phi) is 5.78. The number of fused-ring (bicyclic) bond motifs is 1. The molecule has 1 N–H and O–H groups in total. The first-order chi connectivity index (χ1) is 15.5. The molecule has 0 aliphatic heterocycles. The first kappa shape index (κ1) is 20.9. The lowest BCUT2D eigenvalue weighted by Crippen LogP contribution is -2.11. The van der Waals surface area contributed by atoms with Gasteiger partial charge in [0, 0.05) is 38.1 Å². The molecule has 0 unspecified atom stereocenters. The third-order valence-electron chi connectivity index (χ3n) is 4.91. The van der Waals surface area contributed by atoms with Gasteiger partial charge in [0.05, 0.1) is 5.39 Å². The molecule has 8 heteroatoms. The second-order valence-electron chi connectivity index (χ2n) is 7.14. The van der Waals surface area contributed by atoms with Crippen molar-refractivity contribution < 1.29 is 9.32 Å². The van der Waals surface area contributed by atoms with Crippen LogP contribution in [0.4, 0.5) is 5.13 Å². The lowest BCUT2D eigenvalue weighted by molar-refractivity contribution is 0.102. The van der Waals surface area contributed by atoms with E-state index in [1.807, 2.05) is 48.5 Å². The van der Waals surface area contributed by atoms with Crippen LogP contribution < -0.4 is 5.32 Å². The third kappa shape index (κ3) is 4.46. The minimum absolute atomic E-state index is 0.234. The lowest BCUT2D eigenvalue weighted by Gasteiger charge is -2.03. The number of nitrogens with one attached hydrogen (secondary N) is 1. The number of amides is 1. The Labute approximate surface area is 201 Å². The molecular formula is C24H15BrClN3O2S. The number of hydrogen-bond acceptors (Lipinski definition) is 5. The lowest BCUT2D eigenvalue weighted by atomic mass is 10.1. The smallest absolute Gasteiger partial charge is 0.257 e. The fraction of sp³-hybridized carbons (Fsp3) is 0.0417. The van der Waals surface area contributed by atoms with Crippen LogP contribution in [0.25, 0.3) is 22.2 Å². The van der Waals surface area contributed by atoms with Crippen molar-refractivity contribution in [3.8, 4) is 11.3 Å².